The van der Waals surface area contributed by atoms with Crippen LogP contribution in [0.2, 0.25) is 0 Å². The average molecular weight is 237 g/mol. The molecule has 0 bridgehead atoms. The summed E-state index contributed by atoms with van der Waals surface area (Å²) < 4.78 is 4.61. The van der Waals surface area contributed by atoms with Gasteiger partial charge in [-0.2, -0.15) is 4.80 Å². The van der Waals surface area contributed by atoms with Crippen molar-refractivity contribution < 1.29 is 14.4 Å². The van der Waals surface area contributed by atoms with Gasteiger partial charge in [-0.25, -0.2) is 4.79 Å². The Morgan fingerprint density at radius 2 is 2.18 bits per heavy atom. The van der Waals surface area contributed by atoms with E-state index in [1.165, 1.54) is 10.9 Å². The SMILES string of the molecule is CC(C)(C)n1nnc(-c2cc(C(=O)O)on2)n1. The molecule has 0 unspecified atom stereocenters. The van der Waals surface area contributed by atoms with Crippen LogP contribution in [-0.2, 0) is 5.54 Å². The molecule has 1 N–H and O–H groups in total. The third-order valence-electron chi connectivity index (χ3n) is 1.96. The highest BCUT2D eigenvalue weighted by Crippen LogP contribution is 2.16. The normalized spacial score (nSPS) is 11.7. The fourth-order valence-corrected chi connectivity index (χ4v) is 1.08. The molecule has 8 nitrogen and oxygen atoms in total. The molecular weight excluding hydrogens is 226 g/mol. The Labute approximate surface area is 96.2 Å². The molecule has 0 fully saturated rings. The first-order valence-corrected chi connectivity index (χ1v) is 4.89. The Bertz CT molecular complexity index is 551. The second-order valence-electron chi connectivity index (χ2n) is 4.45. The predicted molar refractivity (Wildman–Crippen MR) is 55.3 cm³/mol. The van der Waals surface area contributed by atoms with Crippen LogP contribution in [0.4, 0.5) is 0 Å². The molecule has 0 radical (unpaired) electrons. The van der Waals surface area contributed by atoms with Crippen molar-refractivity contribution in [1.29, 1.82) is 0 Å². The summed E-state index contributed by atoms with van der Waals surface area (Å²) >= 11 is 0. The molecule has 2 heterocycles. The topological polar surface area (TPSA) is 107 Å². The zero-order chi connectivity index (χ0) is 12.6. The van der Waals surface area contributed by atoms with Crippen LogP contribution in [0.15, 0.2) is 10.6 Å². The fourth-order valence-electron chi connectivity index (χ4n) is 1.08. The summed E-state index contributed by atoms with van der Waals surface area (Å²) in [6.45, 7) is 5.76. The summed E-state index contributed by atoms with van der Waals surface area (Å²) in [6, 6.07) is 1.26. The Kier molecular flexibility index (Phi) is 2.41. The predicted octanol–water partition coefficient (Wildman–Crippen LogP) is 0.781. The van der Waals surface area contributed by atoms with Crippen molar-refractivity contribution in [2.24, 2.45) is 0 Å². The van der Waals surface area contributed by atoms with Gasteiger partial charge in [0, 0.05) is 6.07 Å². The maximum absolute atomic E-state index is 10.6. The van der Waals surface area contributed by atoms with Crippen molar-refractivity contribution in [3.05, 3.63) is 11.8 Å². The number of nitrogens with zero attached hydrogens (tertiary/aromatic N) is 5. The highest BCUT2D eigenvalue weighted by Gasteiger charge is 2.20. The molecule has 0 saturated heterocycles. The molecule has 0 atom stereocenters. The van der Waals surface area contributed by atoms with Crippen LogP contribution in [0.5, 0.6) is 0 Å². The number of aromatic carboxylic acids is 1. The molecule has 8 heteroatoms. The van der Waals surface area contributed by atoms with E-state index in [2.05, 4.69) is 25.1 Å². The molecule has 90 valence electrons. The van der Waals surface area contributed by atoms with E-state index in [1.807, 2.05) is 20.8 Å². The monoisotopic (exact) mass is 237 g/mol. The molecule has 0 aliphatic heterocycles. The van der Waals surface area contributed by atoms with Crippen molar-refractivity contribution in [3.8, 4) is 11.5 Å². The van der Waals surface area contributed by atoms with E-state index >= 15 is 0 Å². The van der Waals surface area contributed by atoms with Gasteiger partial charge in [-0.3, -0.25) is 0 Å². The first kappa shape index (κ1) is 11.2. The van der Waals surface area contributed by atoms with E-state index in [4.69, 9.17) is 5.11 Å². The Morgan fingerprint density at radius 1 is 1.47 bits per heavy atom. The lowest BCUT2D eigenvalue weighted by Crippen LogP contribution is -2.24. The zero-order valence-electron chi connectivity index (χ0n) is 9.58. The number of hydrogen-bond acceptors (Lipinski definition) is 6. The number of aromatic nitrogens is 5. The van der Waals surface area contributed by atoms with Gasteiger partial charge in [0.25, 0.3) is 0 Å². The Morgan fingerprint density at radius 3 is 2.65 bits per heavy atom. The highest BCUT2D eigenvalue weighted by molar-refractivity contribution is 5.85. The smallest absolute Gasteiger partial charge is 0.374 e. The van der Waals surface area contributed by atoms with Crippen molar-refractivity contribution >= 4 is 5.97 Å². The van der Waals surface area contributed by atoms with Crippen LogP contribution < -0.4 is 0 Å². The van der Waals surface area contributed by atoms with Crippen LogP contribution in [0.1, 0.15) is 31.3 Å². The number of rotatable bonds is 2. The summed E-state index contributed by atoms with van der Waals surface area (Å²) in [5.74, 6) is -1.21. The molecule has 0 spiro atoms. The third kappa shape index (κ3) is 2.14. The Hall–Kier alpha value is -2.25. The number of tetrazole rings is 1. The molecule has 0 aliphatic carbocycles. The van der Waals surface area contributed by atoms with Crippen LogP contribution >= 0.6 is 0 Å². The van der Waals surface area contributed by atoms with E-state index in [-0.39, 0.29) is 22.8 Å². The van der Waals surface area contributed by atoms with Gasteiger partial charge in [0.05, 0.1) is 5.54 Å². The van der Waals surface area contributed by atoms with E-state index in [0.29, 0.717) is 0 Å². The van der Waals surface area contributed by atoms with Crippen molar-refractivity contribution in [3.63, 3.8) is 0 Å². The minimum absolute atomic E-state index is 0.233. The molecule has 17 heavy (non-hydrogen) atoms. The van der Waals surface area contributed by atoms with E-state index in [9.17, 15) is 4.79 Å². The minimum Gasteiger partial charge on any atom is -0.475 e. The first-order valence-electron chi connectivity index (χ1n) is 4.89. The van der Waals surface area contributed by atoms with Gasteiger partial charge in [0.2, 0.25) is 11.6 Å². The molecule has 0 amide bonds. The number of carboxylic acid groups (broad SMARTS) is 1. The van der Waals surface area contributed by atoms with E-state index in [1.54, 1.807) is 0 Å². The Balaban J connectivity index is 2.34. The molecule has 0 aliphatic rings. The summed E-state index contributed by atoms with van der Waals surface area (Å²) in [5, 5.41) is 24.0. The summed E-state index contributed by atoms with van der Waals surface area (Å²) in [7, 11) is 0. The van der Waals surface area contributed by atoms with Gasteiger partial charge in [-0.05, 0) is 26.0 Å². The first-order chi connectivity index (χ1) is 7.88. The highest BCUT2D eigenvalue weighted by atomic mass is 16.5. The molecule has 0 aromatic carbocycles. The second kappa shape index (κ2) is 3.65. The van der Waals surface area contributed by atoms with Crippen molar-refractivity contribution in [2.75, 3.05) is 0 Å². The van der Waals surface area contributed by atoms with Gasteiger partial charge >= 0.3 is 5.97 Å². The number of carbonyl (C=O) groups is 1. The second-order valence-corrected chi connectivity index (χ2v) is 4.45. The average Bonchev–Trinajstić information content (AvgIpc) is 2.85. The van der Waals surface area contributed by atoms with Gasteiger partial charge in [-0.15, -0.1) is 10.2 Å². The minimum atomic E-state index is -1.19. The lowest BCUT2D eigenvalue weighted by atomic mass is 10.1. The quantitative estimate of drug-likeness (QED) is 0.822. The summed E-state index contributed by atoms with van der Waals surface area (Å²) in [4.78, 5) is 12.0. The van der Waals surface area contributed by atoms with E-state index < -0.39 is 5.97 Å². The van der Waals surface area contributed by atoms with Crippen LogP contribution in [0, 0.1) is 0 Å². The molecule has 0 saturated carbocycles. The van der Waals surface area contributed by atoms with Crippen LogP contribution in [0.3, 0.4) is 0 Å². The standard InChI is InChI=1S/C9H11N5O3/c1-9(2,3)14-11-7(10-13-14)5-4-6(8(15)16)17-12-5/h4H,1-3H3,(H,15,16). The fraction of sp³-hybridized carbons (Fsp3) is 0.444. The lowest BCUT2D eigenvalue weighted by molar-refractivity contribution is 0.0652. The third-order valence-corrected chi connectivity index (χ3v) is 1.96. The van der Waals surface area contributed by atoms with Gasteiger partial charge in [0.15, 0.2) is 5.69 Å². The largest absolute Gasteiger partial charge is 0.475 e. The van der Waals surface area contributed by atoms with Gasteiger partial charge < -0.3 is 9.63 Å². The summed E-state index contributed by atoms with van der Waals surface area (Å²) in [5.41, 5.74) is -0.0529. The van der Waals surface area contributed by atoms with Gasteiger partial charge in [0.1, 0.15) is 0 Å². The van der Waals surface area contributed by atoms with Crippen LogP contribution in [-0.4, -0.2) is 36.4 Å². The van der Waals surface area contributed by atoms with Crippen molar-refractivity contribution in [2.45, 2.75) is 26.3 Å². The molecule has 2 aromatic rings. The maximum Gasteiger partial charge on any atom is 0.374 e. The zero-order valence-corrected chi connectivity index (χ0v) is 9.58. The van der Waals surface area contributed by atoms with E-state index in [0.717, 1.165) is 0 Å². The molecule has 2 aromatic heterocycles. The lowest BCUT2D eigenvalue weighted by Gasteiger charge is -2.15. The molecular formula is C9H11N5O3. The van der Waals surface area contributed by atoms with Crippen molar-refractivity contribution in [1.82, 2.24) is 25.4 Å². The number of hydrogen-bond donors (Lipinski definition) is 1. The van der Waals surface area contributed by atoms with Crippen LogP contribution in [0.25, 0.3) is 11.5 Å². The maximum atomic E-state index is 10.6. The summed E-state index contributed by atoms with van der Waals surface area (Å²) in [6.07, 6.45) is 0. The molecule has 2 rings (SSSR count). The van der Waals surface area contributed by atoms with Gasteiger partial charge in [-0.1, -0.05) is 5.16 Å². The number of carboxylic acids is 1.